The number of aliphatic carboxylic acids is 1. The van der Waals surface area contributed by atoms with E-state index in [9.17, 15) is 4.79 Å². The van der Waals surface area contributed by atoms with E-state index in [0.717, 1.165) is 12.3 Å². The summed E-state index contributed by atoms with van der Waals surface area (Å²) in [4.78, 5) is 10.8. The van der Waals surface area contributed by atoms with Crippen molar-refractivity contribution in [2.75, 3.05) is 6.61 Å². The molecular formula is C10H16O3. The molecule has 3 nitrogen and oxygen atoms in total. The Morgan fingerprint density at radius 3 is 2.54 bits per heavy atom. The molecule has 2 aliphatic rings. The molecule has 13 heavy (non-hydrogen) atoms. The second kappa shape index (κ2) is 3.29. The predicted octanol–water partition coefficient (Wildman–Crippen LogP) is 1.81. The number of epoxide rings is 1. The van der Waals surface area contributed by atoms with Gasteiger partial charge in [0.1, 0.15) is 0 Å². The molecular weight excluding hydrogens is 168 g/mol. The summed E-state index contributed by atoms with van der Waals surface area (Å²) < 4.78 is 5.02. The Morgan fingerprint density at radius 1 is 1.46 bits per heavy atom. The average molecular weight is 184 g/mol. The van der Waals surface area contributed by atoms with Crippen molar-refractivity contribution in [1.29, 1.82) is 0 Å². The molecule has 0 aromatic heterocycles. The highest BCUT2D eigenvalue weighted by Crippen LogP contribution is 2.37. The summed E-state index contributed by atoms with van der Waals surface area (Å²) in [7, 11) is 0. The first-order valence-electron chi connectivity index (χ1n) is 5.10. The second-order valence-corrected chi connectivity index (χ2v) is 4.28. The molecule has 1 heterocycles. The molecule has 1 aliphatic heterocycles. The third-order valence-electron chi connectivity index (χ3n) is 3.31. The van der Waals surface area contributed by atoms with Crippen molar-refractivity contribution in [2.24, 2.45) is 5.92 Å². The molecule has 1 saturated carbocycles. The second-order valence-electron chi connectivity index (χ2n) is 4.28. The van der Waals surface area contributed by atoms with Crippen molar-refractivity contribution < 1.29 is 14.6 Å². The third-order valence-corrected chi connectivity index (χ3v) is 3.31. The van der Waals surface area contributed by atoms with Crippen LogP contribution in [0.4, 0.5) is 0 Å². The molecule has 0 aromatic rings. The first-order valence-corrected chi connectivity index (χ1v) is 5.10. The Bertz CT molecular complexity index is 202. The van der Waals surface area contributed by atoms with E-state index in [0.29, 0.717) is 13.0 Å². The zero-order valence-electron chi connectivity index (χ0n) is 7.79. The van der Waals surface area contributed by atoms with Crippen LogP contribution in [-0.2, 0) is 9.53 Å². The van der Waals surface area contributed by atoms with E-state index in [4.69, 9.17) is 9.84 Å². The number of carboxylic acids is 1. The molecule has 2 rings (SSSR count). The van der Waals surface area contributed by atoms with Crippen LogP contribution < -0.4 is 0 Å². The maximum absolute atomic E-state index is 10.8. The summed E-state index contributed by atoms with van der Waals surface area (Å²) in [5.74, 6) is -0.00841. The molecule has 0 spiro atoms. The standard InChI is InChI=1S/C10H16O3/c11-9(12)10(7-13-10)6-5-8-3-1-2-4-8/h8H,1-7H2,(H,11,12). The topological polar surface area (TPSA) is 49.8 Å². The lowest BCUT2D eigenvalue weighted by atomic mass is 9.95. The molecule has 0 bridgehead atoms. The fourth-order valence-corrected chi connectivity index (χ4v) is 2.20. The molecule has 74 valence electrons. The predicted molar refractivity (Wildman–Crippen MR) is 47.5 cm³/mol. The maximum atomic E-state index is 10.8. The van der Waals surface area contributed by atoms with Crippen LogP contribution in [0.3, 0.4) is 0 Å². The van der Waals surface area contributed by atoms with Crippen LogP contribution in [-0.4, -0.2) is 23.3 Å². The number of carboxylic acid groups (broad SMARTS) is 1. The fraction of sp³-hybridized carbons (Fsp3) is 0.900. The molecule has 0 radical (unpaired) electrons. The van der Waals surface area contributed by atoms with Crippen LogP contribution in [0.5, 0.6) is 0 Å². The van der Waals surface area contributed by atoms with Gasteiger partial charge in [0.25, 0.3) is 0 Å². The monoisotopic (exact) mass is 184 g/mol. The maximum Gasteiger partial charge on any atom is 0.338 e. The number of ether oxygens (including phenoxy) is 1. The van der Waals surface area contributed by atoms with Crippen molar-refractivity contribution in [1.82, 2.24) is 0 Å². The van der Waals surface area contributed by atoms with Crippen LogP contribution in [0.2, 0.25) is 0 Å². The molecule has 0 aromatic carbocycles. The molecule has 1 atom stereocenters. The normalized spacial score (nSPS) is 33.5. The van der Waals surface area contributed by atoms with E-state index in [-0.39, 0.29) is 0 Å². The summed E-state index contributed by atoms with van der Waals surface area (Å²) >= 11 is 0. The van der Waals surface area contributed by atoms with E-state index in [1.165, 1.54) is 25.7 Å². The molecule has 0 amide bonds. The number of hydrogen-bond acceptors (Lipinski definition) is 2. The van der Waals surface area contributed by atoms with E-state index >= 15 is 0 Å². The van der Waals surface area contributed by atoms with Crippen LogP contribution >= 0.6 is 0 Å². The van der Waals surface area contributed by atoms with E-state index in [1.807, 2.05) is 0 Å². The van der Waals surface area contributed by atoms with E-state index in [1.54, 1.807) is 0 Å². The van der Waals surface area contributed by atoms with Gasteiger partial charge in [0.05, 0.1) is 6.61 Å². The van der Waals surface area contributed by atoms with Crippen LogP contribution in [0.25, 0.3) is 0 Å². The van der Waals surface area contributed by atoms with Crippen molar-refractivity contribution in [3.05, 3.63) is 0 Å². The first kappa shape index (κ1) is 9.00. The quantitative estimate of drug-likeness (QED) is 0.678. The highest BCUT2D eigenvalue weighted by Gasteiger charge is 2.52. The van der Waals surface area contributed by atoms with Gasteiger partial charge >= 0.3 is 5.97 Å². The third kappa shape index (κ3) is 1.85. The number of carbonyl (C=O) groups is 1. The Hall–Kier alpha value is -0.570. The van der Waals surface area contributed by atoms with Gasteiger partial charge in [-0.2, -0.15) is 0 Å². The van der Waals surface area contributed by atoms with Gasteiger partial charge in [-0.3, -0.25) is 0 Å². The summed E-state index contributed by atoms with van der Waals surface area (Å²) in [6.07, 6.45) is 6.97. The van der Waals surface area contributed by atoms with Crippen LogP contribution in [0, 0.1) is 5.92 Å². The molecule has 1 saturated heterocycles. The first-order chi connectivity index (χ1) is 6.23. The lowest BCUT2D eigenvalue weighted by Gasteiger charge is -2.10. The summed E-state index contributed by atoms with van der Waals surface area (Å²) in [6, 6.07) is 0. The van der Waals surface area contributed by atoms with Crippen LogP contribution in [0.15, 0.2) is 0 Å². The number of rotatable bonds is 4. The Balaban J connectivity index is 1.75. The summed E-state index contributed by atoms with van der Waals surface area (Å²) in [5, 5.41) is 8.85. The summed E-state index contributed by atoms with van der Waals surface area (Å²) in [6.45, 7) is 0.426. The minimum absolute atomic E-state index is 0.426. The van der Waals surface area contributed by atoms with Crippen molar-refractivity contribution in [2.45, 2.75) is 44.1 Å². The Labute approximate surface area is 78.1 Å². The van der Waals surface area contributed by atoms with Gasteiger partial charge in [0.2, 0.25) is 0 Å². The molecule has 1 N–H and O–H groups in total. The van der Waals surface area contributed by atoms with Gasteiger partial charge < -0.3 is 9.84 Å². The molecule has 1 aliphatic carbocycles. The highest BCUT2D eigenvalue weighted by molar-refractivity contribution is 5.80. The van der Waals surface area contributed by atoms with Crippen molar-refractivity contribution >= 4 is 5.97 Å². The highest BCUT2D eigenvalue weighted by atomic mass is 16.6. The fourth-order valence-electron chi connectivity index (χ4n) is 2.20. The number of hydrogen-bond donors (Lipinski definition) is 1. The lowest BCUT2D eigenvalue weighted by Crippen LogP contribution is -2.24. The van der Waals surface area contributed by atoms with Gasteiger partial charge in [-0.15, -0.1) is 0 Å². The molecule has 1 unspecified atom stereocenters. The van der Waals surface area contributed by atoms with Gasteiger partial charge in [-0.05, 0) is 18.8 Å². The smallest absolute Gasteiger partial charge is 0.338 e. The SMILES string of the molecule is O=C(O)C1(CCC2CCCC2)CO1. The van der Waals surface area contributed by atoms with Crippen LogP contribution in [0.1, 0.15) is 38.5 Å². The minimum Gasteiger partial charge on any atom is -0.479 e. The minimum atomic E-state index is -0.775. The molecule has 3 heteroatoms. The zero-order valence-corrected chi connectivity index (χ0v) is 7.79. The lowest BCUT2D eigenvalue weighted by molar-refractivity contribution is -0.143. The summed E-state index contributed by atoms with van der Waals surface area (Å²) in [5.41, 5.74) is -0.775. The Kier molecular flexibility index (Phi) is 2.28. The van der Waals surface area contributed by atoms with Gasteiger partial charge in [0, 0.05) is 0 Å². The largest absolute Gasteiger partial charge is 0.479 e. The van der Waals surface area contributed by atoms with Gasteiger partial charge in [-0.1, -0.05) is 25.7 Å². The van der Waals surface area contributed by atoms with Crippen molar-refractivity contribution in [3.63, 3.8) is 0 Å². The van der Waals surface area contributed by atoms with Crippen molar-refractivity contribution in [3.8, 4) is 0 Å². The molecule has 2 fully saturated rings. The zero-order chi connectivity index (χ0) is 9.31. The van der Waals surface area contributed by atoms with E-state index < -0.39 is 11.6 Å². The Morgan fingerprint density at radius 2 is 2.08 bits per heavy atom. The van der Waals surface area contributed by atoms with Gasteiger partial charge in [0.15, 0.2) is 5.60 Å². The average Bonchev–Trinajstić information content (AvgIpc) is 2.73. The van der Waals surface area contributed by atoms with Gasteiger partial charge in [-0.25, -0.2) is 4.79 Å². The van der Waals surface area contributed by atoms with E-state index in [2.05, 4.69) is 0 Å².